The average Bonchev–Trinajstić information content (AvgIpc) is 3.54. The molecule has 0 amide bonds. The van der Waals surface area contributed by atoms with Crippen LogP contribution >= 0.6 is 15.8 Å². The van der Waals surface area contributed by atoms with Gasteiger partial charge in [-0.05, 0) is 67.2 Å². The van der Waals surface area contributed by atoms with E-state index in [1.807, 2.05) is 0 Å². The van der Waals surface area contributed by atoms with Gasteiger partial charge in [0.15, 0.2) is 0 Å². The van der Waals surface area contributed by atoms with Gasteiger partial charge in [0, 0.05) is 5.66 Å². The van der Waals surface area contributed by atoms with Gasteiger partial charge in [0.2, 0.25) is 0 Å². The van der Waals surface area contributed by atoms with Crippen molar-refractivity contribution in [1.82, 2.24) is 0 Å². The maximum absolute atomic E-state index is 2.51. The largest absolute Gasteiger partial charge is 0.0622 e. The SMILES string of the molecule is C[C@H](C1=C2CCC(=C1P(c1ccccc1)c1ccccc1)C2)P(c1ccccc1)c1ccccc1. The van der Waals surface area contributed by atoms with Crippen molar-refractivity contribution < 1.29 is 0 Å². The maximum Gasteiger partial charge on any atom is 0.00999 e. The fourth-order valence-corrected chi connectivity index (χ4v) is 11.5. The van der Waals surface area contributed by atoms with E-state index in [1.54, 1.807) is 22.0 Å². The van der Waals surface area contributed by atoms with Crippen LogP contribution in [-0.2, 0) is 0 Å². The van der Waals surface area contributed by atoms with Gasteiger partial charge in [-0.3, -0.25) is 0 Å². The standard InChI is InChI=1S/C33H30P2/c1-25(34(28-14-6-2-7-15-28)29-16-8-3-9-17-29)32-26-22-23-27(24-26)33(32)35(30-18-10-4-11-19-30)31-20-12-5-13-21-31/h2-21,25H,22-24H2,1H3/t25-/m1/s1. The van der Waals surface area contributed by atoms with Gasteiger partial charge in [-0.25, -0.2) is 0 Å². The fourth-order valence-electron chi connectivity index (χ4n) is 5.76. The van der Waals surface area contributed by atoms with Crippen molar-refractivity contribution in [2.24, 2.45) is 0 Å². The number of rotatable bonds is 7. The molecule has 1 atom stereocenters. The van der Waals surface area contributed by atoms with Crippen LogP contribution in [-0.4, -0.2) is 5.66 Å². The van der Waals surface area contributed by atoms with E-state index in [4.69, 9.17) is 0 Å². The van der Waals surface area contributed by atoms with E-state index < -0.39 is 15.8 Å². The highest BCUT2D eigenvalue weighted by atomic mass is 31.1. The van der Waals surface area contributed by atoms with E-state index in [2.05, 4.69) is 128 Å². The monoisotopic (exact) mass is 488 g/mol. The molecular weight excluding hydrogens is 458 g/mol. The quantitative estimate of drug-likeness (QED) is 0.238. The zero-order valence-electron chi connectivity index (χ0n) is 20.1. The summed E-state index contributed by atoms with van der Waals surface area (Å²) in [6, 6.07) is 45.0. The molecule has 0 saturated heterocycles. The molecule has 2 heteroatoms. The number of fused-ring (bicyclic) bond motifs is 2. The van der Waals surface area contributed by atoms with Crippen molar-refractivity contribution in [1.29, 1.82) is 0 Å². The Bertz CT molecular complexity index is 1280. The van der Waals surface area contributed by atoms with Crippen LogP contribution in [0.1, 0.15) is 26.2 Å². The van der Waals surface area contributed by atoms with Crippen LogP contribution in [0.4, 0.5) is 0 Å². The van der Waals surface area contributed by atoms with E-state index in [0.717, 1.165) is 0 Å². The Morgan fingerprint density at radius 1 is 0.514 bits per heavy atom. The molecule has 0 radical (unpaired) electrons. The summed E-state index contributed by atoms with van der Waals surface area (Å²) in [6.45, 7) is 2.51. The second kappa shape index (κ2) is 10.1. The molecule has 0 aromatic heterocycles. The highest BCUT2D eigenvalue weighted by Crippen LogP contribution is 2.62. The minimum absolute atomic E-state index is 0.482. The van der Waals surface area contributed by atoms with Crippen LogP contribution in [0, 0.1) is 0 Å². The summed E-state index contributed by atoms with van der Waals surface area (Å²) in [5.74, 6) is 0. The maximum atomic E-state index is 2.51. The van der Waals surface area contributed by atoms with E-state index in [9.17, 15) is 0 Å². The van der Waals surface area contributed by atoms with Crippen molar-refractivity contribution in [3.8, 4) is 0 Å². The molecule has 35 heavy (non-hydrogen) atoms. The highest BCUT2D eigenvalue weighted by molar-refractivity contribution is 7.77. The lowest BCUT2D eigenvalue weighted by molar-refractivity contribution is 0.979. The Hall–Kier alpha value is -2.78. The molecule has 0 nitrogen and oxygen atoms in total. The number of hydrogen-bond donors (Lipinski definition) is 0. The lowest BCUT2D eigenvalue weighted by atomic mass is 10.0. The summed E-state index contributed by atoms with van der Waals surface area (Å²) in [6.07, 6.45) is 3.69. The number of benzene rings is 4. The zero-order valence-corrected chi connectivity index (χ0v) is 21.9. The minimum atomic E-state index is -0.569. The minimum Gasteiger partial charge on any atom is -0.0622 e. The van der Waals surface area contributed by atoms with Gasteiger partial charge in [0.1, 0.15) is 0 Å². The predicted molar refractivity (Wildman–Crippen MR) is 156 cm³/mol. The summed E-state index contributed by atoms with van der Waals surface area (Å²) in [5.41, 5.74) is 5.58. The first-order chi connectivity index (χ1) is 17.3. The van der Waals surface area contributed by atoms with Crippen LogP contribution in [0.5, 0.6) is 0 Å². The van der Waals surface area contributed by atoms with Crippen molar-refractivity contribution in [2.75, 3.05) is 0 Å². The average molecular weight is 489 g/mol. The molecule has 172 valence electrons. The number of hydrogen-bond acceptors (Lipinski definition) is 0. The Morgan fingerprint density at radius 2 is 0.914 bits per heavy atom. The van der Waals surface area contributed by atoms with Crippen LogP contribution in [0.15, 0.2) is 143 Å². The van der Waals surface area contributed by atoms with Crippen LogP contribution in [0.2, 0.25) is 0 Å². The van der Waals surface area contributed by atoms with E-state index >= 15 is 0 Å². The molecule has 0 spiro atoms. The van der Waals surface area contributed by atoms with Crippen LogP contribution < -0.4 is 21.2 Å². The topological polar surface area (TPSA) is 0 Å². The first-order valence-corrected chi connectivity index (χ1v) is 15.3. The molecule has 4 aromatic rings. The van der Waals surface area contributed by atoms with E-state index in [0.29, 0.717) is 5.66 Å². The molecule has 2 bridgehead atoms. The summed E-state index contributed by atoms with van der Waals surface area (Å²) >= 11 is 0. The zero-order chi connectivity index (χ0) is 23.6. The Labute approximate surface area is 211 Å². The van der Waals surface area contributed by atoms with Gasteiger partial charge in [-0.2, -0.15) is 0 Å². The first-order valence-electron chi connectivity index (χ1n) is 12.5. The molecule has 1 fully saturated rings. The second-order valence-corrected chi connectivity index (χ2v) is 14.1. The molecule has 4 aromatic carbocycles. The third-order valence-corrected chi connectivity index (χ3v) is 12.6. The third-order valence-electron chi connectivity index (χ3n) is 7.25. The first kappa shape index (κ1) is 22.7. The summed E-state index contributed by atoms with van der Waals surface area (Å²) in [5, 5.41) is 7.58. The van der Waals surface area contributed by atoms with Gasteiger partial charge in [0.25, 0.3) is 0 Å². The Morgan fingerprint density at radius 3 is 1.37 bits per heavy atom. The molecule has 2 aliphatic carbocycles. The lowest BCUT2D eigenvalue weighted by Crippen LogP contribution is -2.24. The summed E-state index contributed by atoms with van der Waals surface area (Å²) in [7, 11) is -1.07. The van der Waals surface area contributed by atoms with Crippen LogP contribution in [0.3, 0.4) is 0 Å². The van der Waals surface area contributed by atoms with Crippen LogP contribution in [0.25, 0.3) is 0 Å². The molecular formula is C33H30P2. The van der Waals surface area contributed by atoms with Crippen molar-refractivity contribution in [2.45, 2.75) is 31.8 Å². The molecule has 0 aliphatic heterocycles. The Kier molecular flexibility index (Phi) is 6.52. The van der Waals surface area contributed by atoms with E-state index in [1.165, 1.54) is 40.5 Å². The second-order valence-electron chi connectivity index (χ2n) is 9.37. The smallest absolute Gasteiger partial charge is 0.00999 e. The van der Waals surface area contributed by atoms with Crippen molar-refractivity contribution in [3.05, 3.63) is 143 Å². The predicted octanol–water partition coefficient (Wildman–Crippen LogP) is 7.39. The molecule has 0 unspecified atom stereocenters. The summed E-state index contributed by atoms with van der Waals surface area (Å²) < 4.78 is 0. The molecule has 0 heterocycles. The van der Waals surface area contributed by atoms with Gasteiger partial charge in [-0.15, -0.1) is 0 Å². The lowest BCUT2D eigenvalue weighted by Gasteiger charge is -2.33. The van der Waals surface area contributed by atoms with Gasteiger partial charge < -0.3 is 0 Å². The van der Waals surface area contributed by atoms with Crippen molar-refractivity contribution >= 4 is 37.1 Å². The van der Waals surface area contributed by atoms with Gasteiger partial charge in [-0.1, -0.05) is 139 Å². The Balaban J connectivity index is 1.50. The number of allylic oxidation sites excluding steroid dienone is 4. The van der Waals surface area contributed by atoms with Gasteiger partial charge in [0.05, 0.1) is 0 Å². The molecule has 0 N–H and O–H groups in total. The highest BCUT2D eigenvalue weighted by Gasteiger charge is 2.39. The van der Waals surface area contributed by atoms with Crippen molar-refractivity contribution in [3.63, 3.8) is 0 Å². The van der Waals surface area contributed by atoms with E-state index in [-0.39, 0.29) is 0 Å². The molecule has 2 aliphatic rings. The van der Waals surface area contributed by atoms with Gasteiger partial charge >= 0.3 is 0 Å². The fraction of sp³-hybridized carbons (Fsp3) is 0.152. The molecule has 6 rings (SSSR count). The third kappa shape index (κ3) is 4.36. The molecule has 1 saturated carbocycles. The summed E-state index contributed by atoms with van der Waals surface area (Å²) in [4.78, 5) is 0. The normalized spacial score (nSPS) is 16.0.